The molecular weight excluding hydrogens is 372 g/mol. The molecular formula is C22H22N2O5. The molecule has 2 N–H and O–H groups in total. The second-order valence-electron chi connectivity index (χ2n) is 6.56. The second kappa shape index (κ2) is 9.66. The molecule has 0 atom stereocenters. The molecule has 1 fully saturated rings. The molecule has 2 aromatic rings. The van der Waals surface area contributed by atoms with Crippen molar-refractivity contribution in [2.24, 2.45) is 0 Å². The zero-order valence-corrected chi connectivity index (χ0v) is 16.1. The number of nitrogens with one attached hydrogen (secondary N) is 2. The van der Waals surface area contributed by atoms with E-state index in [2.05, 4.69) is 10.6 Å². The van der Waals surface area contributed by atoms with Gasteiger partial charge in [0, 0.05) is 29.9 Å². The molecule has 1 aliphatic heterocycles. The van der Waals surface area contributed by atoms with Crippen molar-refractivity contribution in [2.45, 2.75) is 19.8 Å². The summed E-state index contributed by atoms with van der Waals surface area (Å²) in [5.41, 5.74) is 2.52. The molecule has 7 nitrogen and oxygen atoms in total. The first-order valence-corrected chi connectivity index (χ1v) is 9.28. The second-order valence-corrected chi connectivity index (χ2v) is 6.56. The molecule has 0 unspecified atom stereocenters. The molecule has 0 saturated carbocycles. The summed E-state index contributed by atoms with van der Waals surface area (Å²) in [4.78, 5) is 35.8. The molecule has 0 spiro atoms. The first kappa shape index (κ1) is 20.3. The number of esters is 1. The van der Waals surface area contributed by atoms with E-state index in [4.69, 9.17) is 9.47 Å². The van der Waals surface area contributed by atoms with Gasteiger partial charge in [0.15, 0.2) is 0 Å². The number of carbonyl (C=O) groups is 3. The van der Waals surface area contributed by atoms with Crippen molar-refractivity contribution < 1.29 is 23.9 Å². The van der Waals surface area contributed by atoms with Gasteiger partial charge in [-0.1, -0.05) is 17.7 Å². The minimum absolute atomic E-state index is 0.209. The van der Waals surface area contributed by atoms with Gasteiger partial charge in [-0.3, -0.25) is 14.4 Å². The van der Waals surface area contributed by atoms with E-state index in [1.54, 1.807) is 48.5 Å². The Bertz CT molecular complexity index is 944. The van der Waals surface area contributed by atoms with Gasteiger partial charge in [-0.2, -0.15) is 0 Å². The minimum atomic E-state index is -0.457. The van der Waals surface area contributed by atoms with Crippen molar-refractivity contribution in [2.75, 3.05) is 23.8 Å². The summed E-state index contributed by atoms with van der Waals surface area (Å²) in [6.07, 6.45) is 3.13. The zero-order valence-electron chi connectivity index (χ0n) is 16.1. The standard InChI is InChI=1S/C22H22N2O5/c1-15(25)29-20-7-2-4-17(13-20)22(27)24-19-6-3-5-18(14-19)23-21(26)12-16-8-10-28-11-9-16/h2-7,12-14H,8-11H2,1H3,(H,23,26)(H,24,27). The van der Waals surface area contributed by atoms with Gasteiger partial charge in [0.05, 0.1) is 13.2 Å². The van der Waals surface area contributed by atoms with Crippen LogP contribution in [0.5, 0.6) is 5.75 Å². The molecule has 0 aliphatic carbocycles. The lowest BCUT2D eigenvalue weighted by atomic mass is 10.1. The van der Waals surface area contributed by atoms with Crippen LogP contribution in [0.2, 0.25) is 0 Å². The van der Waals surface area contributed by atoms with Gasteiger partial charge in [0.2, 0.25) is 5.91 Å². The van der Waals surface area contributed by atoms with Crippen molar-refractivity contribution in [3.8, 4) is 5.75 Å². The Morgan fingerprint density at radius 2 is 1.66 bits per heavy atom. The number of hydrogen-bond acceptors (Lipinski definition) is 5. The monoisotopic (exact) mass is 394 g/mol. The smallest absolute Gasteiger partial charge is 0.308 e. The molecule has 29 heavy (non-hydrogen) atoms. The number of ether oxygens (including phenoxy) is 2. The number of benzene rings is 2. The summed E-state index contributed by atoms with van der Waals surface area (Å²) < 4.78 is 10.3. The quantitative estimate of drug-likeness (QED) is 0.460. The van der Waals surface area contributed by atoms with Crippen LogP contribution in [0.25, 0.3) is 0 Å². The highest BCUT2D eigenvalue weighted by atomic mass is 16.5. The van der Waals surface area contributed by atoms with E-state index in [0.717, 1.165) is 18.4 Å². The Labute approximate surface area is 168 Å². The lowest BCUT2D eigenvalue weighted by molar-refractivity contribution is -0.131. The molecule has 0 bridgehead atoms. The fraction of sp³-hybridized carbons (Fsp3) is 0.227. The van der Waals surface area contributed by atoms with Gasteiger partial charge in [0.1, 0.15) is 5.75 Å². The fourth-order valence-corrected chi connectivity index (χ4v) is 2.89. The first-order valence-electron chi connectivity index (χ1n) is 9.28. The molecule has 1 saturated heterocycles. The maximum atomic E-state index is 12.5. The van der Waals surface area contributed by atoms with Gasteiger partial charge >= 0.3 is 5.97 Å². The molecule has 0 aromatic heterocycles. The van der Waals surface area contributed by atoms with Crippen LogP contribution in [-0.2, 0) is 14.3 Å². The summed E-state index contributed by atoms with van der Waals surface area (Å²) >= 11 is 0. The highest BCUT2D eigenvalue weighted by molar-refractivity contribution is 6.05. The van der Waals surface area contributed by atoms with Crippen LogP contribution in [0.1, 0.15) is 30.1 Å². The molecule has 3 rings (SSSR count). The fourth-order valence-electron chi connectivity index (χ4n) is 2.89. The summed E-state index contributed by atoms with van der Waals surface area (Å²) in [6, 6.07) is 13.2. The van der Waals surface area contributed by atoms with Crippen molar-refractivity contribution in [3.05, 3.63) is 65.7 Å². The number of carbonyl (C=O) groups excluding carboxylic acids is 3. The lowest BCUT2D eigenvalue weighted by Crippen LogP contribution is -2.14. The average molecular weight is 394 g/mol. The molecule has 7 heteroatoms. The van der Waals surface area contributed by atoms with Crippen LogP contribution < -0.4 is 15.4 Å². The van der Waals surface area contributed by atoms with Gasteiger partial charge in [-0.25, -0.2) is 0 Å². The summed E-state index contributed by atoms with van der Waals surface area (Å²) in [7, 11) is 0. The minimum Gasteiger partial charge on any atom is -0.427 e. The van der Waals surface area contributed by atoms with Crippen molar-refractivity contribution in [1.82, 2.24) is 0 Å². The predicted molar refractivity (Wildman–Crippen MR) is 109 cm³/mol. The van der Waals surface area contributed by atoms with E-state index in [1.165, 1.54) is 13.0 Å². The van der Waals surface area contributed by atoms with Crippen LogP contribution in [0, 0.1) is 0 Å². The van der Waals surface area contributed by atoms with Crippen LogP contribution in [0.4, 0.5) is 11.4 Å². The van der Waals surface area contributed by atoms with E-state index in [9.17, 15) is 14.4 Å². The molecule has 1 aliphatic rings. The maximum Gasteiger partial charge on any atom is 0.308 e. The molecule has 0 radical (unpaired) electrons. The Morgan fingerprint density at radius 1 is 0.966 bits per heavy atom. The Morgan fingerprint density at radius 3 is 2.38 bits per heavy atom. The van der Waals surface area contributed by atoms with Crippen LogP contribution in [0.3, 0.4) is 0 Å². The van der Waals surface area contributed by atoms with E-state index in [0.29, 0.717) is 35.9 Å². The van der Waals surface area contributed by atoms with E-state index in [-0.39, 0.29) is 11.8 Å². The third-order valence-electron chi connectivity index (χ3n) is 4.22. The van der Waals surface area contributed by atoms with Crippen LogP contribution in [-0.4, -0.2) is 31.0 Å². The number of hydrogen-bond donors (Lipinski definition) is 2. The Balaban J connectivity index is 1.64. The van der Waals surface area contributed by atoms with Crippen LogP contribution in [0.15, 0.2) is 60.2 Å². The third kappa shape index (κ3) is 6.29. The maximum absolute atomic E-state index is 12.5. The van der Waals surface area contributed by atoms with Gasteiger partial charge < -0.3 is 20.1 Å². The summed E-state index contributed by atoms with van der Waals surface area (Å²) in [6.45, 7) is 2.57. The highest BCUT2D eigenvalue weighted by Gasteiger charge is 2.10. The van der Waals surface area contributed by atoms with Crippen molar-refractivity contribution in [1.29, 1.82) is 0 Å². The van der Waals surface area contributed by atoms with Gasteiger partial charge in [-0.05, 0) is 49.2 Å². The van der Waals surface area contributed by atoms with Gasteiger partial charge in [0.25, 0.3) is 5.91 Å². The first-order chi connectivity index (χ1) is 14.0. The zero-order chi connectivity index (χ0) is 20.6. The topological polar surface area (TPSA) is 93.7 Å². The lowest BCUT2D eigenvalue weighted by Gasteiger charge is -2.14. The highest BCUT2D eigenvalue weighted by Crippen LogP contribution is 2.19. The van der Waals surface area contributed by atoms with E-state index >= 15 is 0 Å². The van der Waals surface area contributed by atoms with Crippen molar-refractivity contribution in [3.63, 3.8) is 0 Å². The predicted octanol–water partition coefficient (Wildman–Crippen LogP) is 3.54. The van der Waals surface area contributed by atoms with Gasteiger partial charge in [-0.15, -0.1) is 0 Å². The summed E-state index contributed by atoms with van der Waals surface area (Å²) in [5.74, 6) is -0.722. The van der Waals surface area contributed by atoms with E-state index < -0.39 is 5.97 Å². The normalized spacial score (nSPS) is 13.3. The number of anilines is 2. The molecule has 1 heterocycles. The number of amides is 2. The molecule has 2 amide bonds. The Kier molecular flexibility index (Phi) is 6.76. The van der Waals surface area contributed by atoms with E-state index in [1.807, 2.05) is 0 Å². The largest absolute Gasteiger partial charge is 0.427 e. The number of rotatable bonds is 5. The SMILES string of the molecule is CC(=O)Oc1cccc(C(=O)Nc2cccc(NC(=O)C=C3CCOCC3)c2)c1. The third-order valence-corrected chi connectivity index (χ3v) is 4.22. The van der Waals surface area contributed by atoms with Crippen molar-refractivity contribution >= 4 is 29.2 Å². The Hall–Kier alpha value is -3.45. The average Bonchev–Trinajstić information content (AvgIpc) is 2.68. The van der Waals surface area contributed by atoms with Crippen LogP contribution >= 0.6 is 0 Å². The molecule has 2 aromatic carbocycles. The molecule has 150 valence electrons. The summed E-state index contributed by atoms with van der Waals surface area (Å²) in [5, 5.41) is 5.58.